The van der Waals surface area contributed by atoms with Gasteiger partial charge in [-0.25, -0.2) is 0 Å². The van der Waals surface area contributed by atoms with Gasteiger partial charge in [0.05, 0.1) is 6.61 Å². The zero-order chi connectivity index (χ0) is 12.8. The van der Waals surface area contributed by atoms with E-state index < -0.39 is 0 Å². The Morgan fingerprint density at radius 3 is 2.94 bits per heavy atom. The molecule has 18 heavy (non-hydrogen) atoms. The zero-order valence-electron chi connectivity index (χ0n) is 11.0. The van der Waals surface area contributed by atoms with Crippen molar-refractivity contribution in [1.82, 2.24) is 0 Å². The maximum absolute atomic E-state index is 11.3. The molecule has 0 saturated heterocycles. The van der Waals surface area contributed by atoms with Crippen LogP contribution in [0.2, 0.25) is 0 Å². The maximum atomic E-state index is 11.3. The Morgan fingerprint density at radius 2 is 2.11 bits per heavy atom. The molecule has 1 aliphatic heterocycles. The number of rotatable bonds is 6. The number of carbonyl (C=O) groups is 1. The molecule has 3 heteroatoms. The van der Waals surface area contributed by atoms with Crippen LogP contribution in [-0.4, -0.2) is 12.5 Å². The van der Waals surface area contributed by atoms with Crippen molar-refractivity contribution in [3.8, 4) is 5.75 Å². The molecule has 0 fully saturated rings. The minimum atomic E-state index is 0.0996. The molecule has 1 aliphatic rings. The lowest BCUT2D eigenvalue weighted by molar-refractivity contribution is -0.116. The van der Waals surface area contributed by atoms with Gasteiger partial charge in [0.25, 0.3) is 0 Å². The number of aryl methyl sites for hydroxylation is 1. The van der Waals surface area contributed by atoms with Crippen LogP contribution in [0.25, 0.3) is 0 Å². The summed E-state index contributed by atoms with van der Waals surface area (Å²) in [4.78, 5) is 11.3. The average Bonchev–Trinajstić information content (AvgIpc) is 2.38. The first-order valence-electron chi connectivity index (χ1n) is 6.85. The largest absolute Gasteiger partial charge is 0.494 e. The highest BCUT2D eigenvalue weighted by molar-refractivity contribution is 5.94. The van der Waals surface area contributed by atoms with Gasteiger partial charge < -0.3 is 10.1 Å². The third-order valence-electron chi connectivity index (χ3n) is 3.24. The van der Waals surface area contributed by atoms with Crippen LogP contribution in [0.5, 0.6) is 5.75 Å². The van der Waals surface area contributed by atoms with Crippen molar-refractivity contribution in [1.29, 1.82) is 0 Å². The van der Waals surface area contributed by atoms with Gasteiger partial charge in [0.1, 0.15) is 5.75 Å². The van der Waals surface area contributed by atoms with Gasteiger partial charge in [0.2, 0.25) is 5.91 Å². The Hall–Kier alpha value is -1.51. The first-order valence-corrected chi connectivity index (χ1v) is 6.85. The van der Waals surface area contributed by atoms with Crippen LogP contribution in [0.1, 0.15) is 44.6 Å². The summed E-state index contributed by atoms with van der Waals surface area (Å²) in [6.45, 7) is 2.96. The van der Waals surface area contributed by atoms with Gasteiger partial charge in [0.15, 0.2) is 0 Å². The lowest BCUT2D eigenvalue weighted by atomic mass is 10.0. The topological polar surface area (TPSA) is 38.3 Å². The first kappa shape index (κ1) is 12.9. The summed E-state index contributed by atoms with van der Waals surface area (Å²) in [6, 6.07) is 5.98. The fourth-order valence-corrected chi connectivity index (χ4v) is 2.16. The Kier molecular flexibility index (Phi) is 4.62. The summed E-state index contributed by atoms with van der Waals surface area (Å²) in [6.07, 6.45) is 6.24. The molecule has 2 rings (SSSR count). The molecule has 0 atom stereocenters. The van der Waals surface area contributed by atoms with E-state index in [1.54, 1.807) is 0 Å². The predicted octanol–water partition coefficient (Wildman–Crippen LogP) is 3.53. The number of nitrogens with one attached hydrogen (secondary N) is 1. The molecule has 0 saturated carbocycles. The molecule has 0 radical (unpaired) electrons. The van der Waals surface area contributed by atoms with Crippen molar-refractivity contribution in [2.75, 3.05) is 11.9 Å². The molecule has 1 aromatic rings. The average molecular weight is 247 g/mol. The summed E-state index contributed by atoms with van der Waals surface area (Å²) in [5.41, 5.74) is 2.12. The first-order chi connectivity index (χ1) is 8.79. The van der Waals surface area contributed by atoms with Crippen LogP contribution in [0, 0.1) is 0 Å². The molecule has 1 heterocycles. The smallest absolute Gasteiger partial charge is 0.224 e. The molecule has 0 bridgehead atoms. The van der Waals surface area contributed by atoms with Gasteiger partial charge in [-0.1, -0.05) is 32.3 Å². The molecule has 98 valence electrons. The number of anilines is 1. The predicted molar refractivity (Wildman–Crippen MR) is 73.0 cm³/mol. The van der Waals surface area contributed by atoms with Crippen LogP contribution in [0.4, 0.5) is 5.69 Å². The third kappa shape index (κ3) is 3.49. The third-order valence-corrected chi connectivity index (χ3v) is 3.24. The second-order valence-electron chi connectivity index (χ2n) is 4.78. The highest BCUT2D eigenvalue weighted by atomic mass is 16.5. The number of carbonyl (C=O) groups excluding carboxylic acids is 1. The van der Waals surface area contributed by atoms with E-state index in [1.807, 2.05) is 12.1 Å². The molecule has 0 unspecified atom stereocenters. The van der Waals surface area contributed by atoms with Crippen molar-refractivity contribution in [3.63, 3.8) is 0 Å². The summed E-state index contributed by atoms with van der Waals surface area (Å²) >= 11 is 0. The van der Waals surface area contributed by atoms with Gasteiger partial charge >= 0.3 is 0 Å². The molecule has 0 spiro atoms. The molecule has 1 N–H and O–H groups in total. The Bertz CT molecular complexity index is 415. The van der Waals surface area contributed by atoms with E-state index in [9.17, 15) is 4.79 Å². The lowest BCUT2D eigenvalue weighted by Gasteiger charge is -2.17. The number of fused-ring (bicyclic) bond motifs is 1. The van der Waals surface area contributed by atoms with Crippen LogP contribution >= 0.6 is 0 Å². The summed E-state index contributed by atoms with van der Waals surface area (Å²) in [7, 11) is 0. The van der Waals surface area contributed by atoms with Gasteiger partial charge in [-0.2, -0.15) is 0 Å². The fraction of sp³-hybridized carbons (Fsp3) is 0.533. The highest BCUT2D eigenvalue weighted by Crippen LogP contribution is 2.27. The SMILES string of the molecule is CCCCCCOc1ccc2c(c1)NC(=O)CC2. The van der Waals surface area contributed by atoms with Crippen molar-refractivity contribution < 1.29 is 9.53 Å². The van der Waals surface area contributed by atoms with E-state index in [0.717, 1.165) is 30.9 Å². The minimum absolute atomic E-state index is 0.0996. The number of unbranched alkanes of at least 4 members (excludes halogenated alkanes) is 3. The Balaban J connectivity index is 1.86. The second kappa shape index (κ2) is 6.43. The van der Waals surface area contributed by atoms with Gasteiger partial charge in [0, 0.05) is 18.2 Å². The summed E-state index contributed by atoms with van der Waals surface area (Å²) in [5.74, 6) is 0.954. The molecule has 0 aliphatic carbocycles. The fourth-order valence-electron chi connectivity index (χ4n) is 2.16. The van der Waals surface area contributed by atoms with E-state index in [2.05, 4.69) is 18.3 Å². The zero-order valence-corrected chi connectivity index (χ0v) is 11.0. The molecule has 1 amide bonds. The van der Waals surface area contributed by atoms with Crippen LogP contribution in [0.15, 0.2) is 18.2 Å². The quantitative estimate of drug-likeness (QED) is 0.781. The van der Waals surface area contributed by atoms with Gasteiger partial charge in [-0.05, 0) is 24.5 Å². The van der Waals surface area contributed by atoms with Crippen LogP contribution in [0.3, 0.4) is 0 Å². The highest BCUT2D eigenvalue weighted by Gasteiger charge is 2.14. The van der Waals surface area contributed by atoms with E-state index in [-0.39, 0.29) is 5.91 Å². The van der Waals surface area contributed by atoms with Crippen molar-refractivity contribution >= 4 is 11.6 Å². The monoisotopic (exact) mass is 247 g/mol. The summed E-state index contributed by atoms with van der Waals surface area (Å²) in [5, 5.41) is 2.89. The number of hydrogen-bond donors (Lipinski definition) is 1. The molecule has 3 nitrogen and oxygen atoms in total. The van der Waals surface area contributed by atoms with Gasteiger partial charge in [-0.3, -0.25) is 4.79 Å². The van der Waals surface area contributed by atoms with Crippen LogP contribution < -0.4 is 10.1 Å². The molecular formula is C15H21NO2. The maximum Gasteiger partial charge on any atom is 0.224 e. The van der Waals surface area contributed by atoms with Crippen molar-refractivity contribution in [3.05, 3.63) is 23.8 Å². The minimum Gasteiger partial charge on any atom is -0.494 e. The number of hydrogen-bond acceptors (Lipinski definition) is 2. The Labute approximate surface area is 109 Å². The van der Waals surface area contributed by atoms with Gasteiger partial charge in [-0.15, -0.1) is 0 Å². The standard InChI is InChI=1S/C15H21NO2/c1-2-3-4-5-10-18-13-8-6-12-7-9-15(17)16-14(12)11-13/h6,8,11H,2-5,7,9-10H2,1H3,(H,16,17). The van der Waals surface area contributed by atoms with Crippen LogP contribution in [-0.2, 0) is 11.2 Å². The van der Waals surface area contributed by atoms with E-state index in [4.69, 9.17) is 4.74 Å². The lowest BCUT2D eigenvalue weighted by Crippen LogP contribution is -2.18. The molecule has 1 aromatic carbocycles. The Morgan fingerprint density at radius 1 is 1.22 bits per heavy atom. The number of amides is 1. The van der Waals surface area contributed by atoms with Crippen molar-refractivity contribution in [2.24, 2.45) is 0 Å². The second-order valence-corrected chi connectivity index (χ2v) is 4.78. The summed E-state index contributed by atoms with van der Waals surface area (Å²) < 4.78 is 5.70. The van der Waals surface area contributed by atoms with Crippen molar-refractivity contribution in [2.45, 2.75) is 45.4 Å². The van der Waals surface area contributed by atoms with E-state index in [0.29, 0.717) is 6.42 Å². The van der Waals surface area contributed by atoms with E-state index in [1.165, 1.54) is 24.8 Å². The molecular weight excluding hydrogens is 226 g/mol. The number of ether oxygens (including phenoxy) is 1. The number of benzene rings is 1. The molecule has 0 aromatic heterocycles. The normalized spacial score (nSPS) is 13.9. The van der Waals surface area contributed by atoms with E-state index >= 15 is 0 Å².